The Morgan fingerprint density at radius 1 is 0.245 bits per heavy atom. The van der Waals surface area contributed by atoms with Crippen molar-refractivity contribution in [2.24, 2.45) is 0 Å². The van der Waals surface area contributed by atoms with E-state index in [0.29, 0.717) is 58.3 Å². The molecule has 12 aromatic rings. The van der Waals surface area contributed by atoms with Crippen molar-refractivity contribution in [2.45, 2.75) is 47.3 Å². The second-order valence-corrected chi connectivity index (χ2v) is 27.7. The van der Waals surface area contributed by atoms with Crippen molar-refractivity contribution in [3.63, 3.8) is 0 Å². The van der Waals surface area contributed by atoms with Crippen LogP contribution in [0.2, 0.25) is 0 Å². The van der Waals surface area contributed by atoms with Crippen LogP contribution in [-0.4, -0.2) is 85.3 Å². The van der Waals surface area contributed by atoms with Gasteiger partial charge in [0, 0.05) is 58.3 Å². The molecule has 0 fully saturated rings. The van der Waals surface area contributed by atoms with E-state index in [4.69, 9.17) is 23.2 Å². The molecule has 8 aromatic heterocycles. The first kappa shape index (κ1) is 92.8. The summed E-state index contributed by atoms with van der Waals surface area (Å²) in [5, 5.41) is 17.0. The Morgan fingerprint density at radius 3 is 0.575 bits per heavy atom. The fourth-order valence-electron chi connectivity index (χ4n) is 7.79. The molecule has 562 valence electrons. The second-order valence-electron chi connectivity index (χ2n) is 20.5. The Morgan fingerprint density at radius 2 is 0.415 bits per heavy atom. The predicted octanol–water partition coefficient (Wildman–Crippen LogP) is 17.7. The SMILES string of the molecule is Cc1ccc(S(=O)(=O)[N-]c2cccc([N-]c3ccccn3)n2)cc1.Cc1ccc(S(=O)(=O)[N-]c2cccc([N-]c3ccccn3)n2)cc1.Cc1ccc(S(=O)(=O)[N-]c2cccc([N-]c3ccccn3)n2)cc1.Cc1ccc(S(=O)(=O)[N-]c2cccc([N-]c3ccccn3)n2)cc1.ClCCCl.[Ni+2].[Ni+2].[Ni+2].[Ni+2].[OH3+].[OH3+]. The Bertz CT molecular complexity index is 4420. The normalized spacial score (nSPS) is 10.3. The molecule has 8 heterocycles. The van der Waals surface area contributed by atoms with Gasteiger partial charge in [-0.1, -0.05) is 168 Å². The van der Waals surface area contributed by atoms with Gasteiger partial charge in [-0.2, -0.15) is 0 Å². The zero-order valence-electron chi connectivity index (χ0n) is 56.0. The van der Waals surface area contributed by atoms with Gasteiger partial charge in [-0.3, -0.25) is 0 Å². The van der Waals surface area contributed by atoms with Gasteiger partial charge in [0.25, 0.3) is 0 Å². The van der Waals surface area contributed by atoms with Crippen molar-refractivity contribution in [2.75, 3.05) is 11.8 Å². The van der Waals surface area contributed by atoms with Gasteiger partial charge in [-0.15, -0.1) is 23.2 Å². The van der Waals surface area contributed by atoms with Crippen LogP contribution in [0.5, 0.6) is 0 Å². The van der Waals surface area contributed by atoms with Gasteiger partial charge in [0.2, 0.25) is 40.1 Å². The van der Waals surface area contributed by atoms with Crippen molar-refractivity contribution in [3.8, 4) is 0 Å². The number of hydrogen-bond acceptors (Lipinski definition) is 16. The quantitative estimate of drug-likeness (QED) is 0.0366. The molecule has 12 rings (SSSR count). The maximum atomic E-state index is 12.3. The third-order valence-corrected chi connectivity index (χ3v) is 18.3. The summed E-state index contributed by atoms with van der Waals surface area (Å²) < 4.78 is 114. The molecule has 0 atom stereocenters. The summed E-state index contributed by atoms with van der Waals surface area (Å²) in [4.78, 5) is 33.4. The van der Waals surface area contributed by atoms with Crippen molar-refractivity contribution in [1.29, 1.82) is 0 Å². The number of aromatic nitrogens is 8. The average Bonchev–Trinajstić information content (AvgIpc) is 0.840. The molecule has 0 spiro atoms. The maximum Gasteiger partial charge on any atom is 2.00 e. The molecule has 0 bridgehead atoms. The van der Waals surface area contributed by atoms with E-state index in [2.05, 4.69) is 80.0 Å². The van der Waals surface area contributed by atoms with E-state index in [1.165, 1.54) is 72.8 Å². The van der Waals surface area contributed by atoms with E-state index in [1.807, 2.05) is 52.0 Å². The molecular formula is C70H66Cl2N16Ni4O10S4+2. The Kier molecular flexibility index (Phi) is 40.3. The Labute approximate surface area is 666 Å². The third kappa shape index (κ3) is 31.1. The summed E-state index contributed by atoms with van der Waals surface area (Å²) >= 11 is 10.1. The number of rotatable bonds is 21. The van der Waals surface area contributed by atoms with Crippen LogP contribution in [0.1, 0.15) is 22.3 Å². The van der Waals surface area contributed by atoms with Crippen molar-refractivity contribution in [1.82, 2.24) is 39.9 Å². The summed E-state index contributed by atoms with van der Waals surface area (Å²) in [7, 11) is -15.3. The van der Waals surface area contributed by atoms with E-state index in [1.54, 1.807) is 170 Å². The minimum absolute atomic E-state index is 0. The van der Waals surface area contributed by atoms with E-state index in [9.17, 15) is 33.7 Å². The monoisotopic (exact) mass is 1720 g/mol. The molecular weight excluding hydrogens is 1660 g/mol. The first-order valence-electron chi connectivity index (χ1n) is 29.7. The maximum absolute atomic E-state index is 12.3. The number of pyridine rings is 8. The number of benzene rings is 4. The van der Waals surface area contributed by atoms with Crippen LogP contribution < -0.4 is 0 Å². The minimum Gasteiger partial charge on any atom is -0.457 e. The smallest absolute Gasteiger partial charge is 0.457 e. The molecule has 4 aromatic carbocycles. The molecule has 0 aliphatic rings. The van der Waals surface area contributed by atoms with E-state index in [0.717, 1.165) is 22.3 Å². The minimum atomic E-state index is -3.81. The van der Waals surface area contributed by atoms with Crippen LogP contribution in [0.4, 0.5) is 69.8 Å². The zero-order valence-corrected chi connectivity index (χ0v) is 64.8. The average molecular weight is 1730 g/mol. The summed E-state index contributed by atoms with van der Waals surface area (Å²) in [6.07, 6.45) is 6.48. The fourth-order valence-corrected chi connectivity index (χ4v) is 11.5. The molecule has 36 heteroatoms. The second kappa shape index (κ2) is 46.0. The summed E-state index contributed by atoms with van der Waals surface area (Å²) in [5.74, 6) is 4.75. The Balaban J connectivity index is 0.000000463. The number of alkyl halides is 2. The van der Waals surface area contributed by atoms with Gasteiger partial charge in [-0.05, 0) is 173 Å². The standard InChI is InChI=1S/4C17H14N4O2S.C2H4Cl2.4Ni.2H2O/c4*1-13-8-10-14(11-9-13)24(22,23)21-17-7-4-6-16(20-17)19-15-5-2-3-12-18-15;3-1-2-4;;;;;;/h4*2-12H,1H3;1-2H2;;;;;2*1H2/q4*-2;;4*+2;;/p+2. The van der Waals surface area contributed by atoms with Gasteiger partial charge in [0.05, 0.1) is 19.6 Å². The van der Waals surface area contributed by atoms with E-state index < -0.39 is 40.1 Å². The molecule has 26 nitrogen and oxygen atoms in total. The first-order chi connectivity index (χ1) is 48.0. The van der Waals surface area contributed by atoms with Crippen LogP contribution in [0.25, 0.3) is 40.2 Å². The summed E-state index contributed by atoms with van der Waals surface area (Å²) in [5.41, 5.74) is 3.90. The van der Waals surface area contributed by atoms with Crippen molar-refractivity contribution < 1.29 is 111 Å². The predicted molar refractivity (Wildman–Crippen MR) is 401 cm³/mol. The van der Waals surface area contributed by atoms with Gasteiger partial charge in [0.1, 0.15) is 0 Å². The fraction of sp³-hybridized carbons (Fsp3) is 0.0857. The molecule has 106 heavy (non-hydrogen) atoms. The zero-order chi connectivity index (χ0) is 71.4. The summed E-state index contributed by atoms with van der Waals surface area (Å²) in [6, 6.07) is 66.6. The van der Waals surface area contributed by atoms with Gasteiger partial charge in [-0.25, -0.2) is 33.7 Å². The van der Waals surface area contributed by atoms with Gasteiger partial charge < -0.3 is 91.0 Å². The molecule has 0 aliphatic heterocycles. The molecule has 0 amide bonds. The van der Waals surface area contributed by atoms with Crippen LogP contribution in [-0.2, 0) is 117 Å². The number of halogens is 2. The van der Waals surface area contributed by atoms with Crippen molar-refractivity contribution >= 4 is 133 Å². The molecule has 0 radical (unpaired) electrons. The van der Waals surface area contributed by atoms with Crippen LogP contribution in [0, 0.1) is 27.7 Å². The number of hydrogen-bond donors (Lipinski definition) is 0. The molecule has 0 unspecified atom stereocenters. The molecule has 0 aliphatic carbocycles. The Hall–Kier alpha value is -9.25. The van der Waals surface area contributed by atoms with Gasteiger partial charge >= 0.3 is 66.0 Å². The van der Waals surface area contributed by atoms with Crippen LogP contribution >= 0.6 is 23.2 Å². The number of aryl methyl sites for hydroxylation is 4. The van der Waals surface area contributed by atoms with E-state index >= 15 is 0 Å². The van der Waals surface area contributed by atoms with E-state index in [-0.39, 0.29) is 120 Å². The largest absolute Gasteiger partial charge is 2.00 e. The third-order valence-electron chi connectivity index (χ3n) is 12.6. The van der Waals surface area contributed by atoms with Crippen LogP contribution in [0.3, 0.4) is 0 Å². The number of sulfonamides is 4. The number of nitrogens with zero attached hydrogens (tertiary/aromatic N) is 16. The molecule has 0 saturated heterocycles. The van der Waals surface area contributed by atoms with Crippen LogP contribution in [0.15, 0.2) is 287 Å². The summed E-state index contributed by atoms with van der Waals surface area (Å²) in [6.45, 7) is 7.55. The molecule has 6 N–H and O–H groups in total. The van der Waals surface area contributed by atoms with Gasteiger partial charge in [0.15, 0.2) is 0 Å². The molecule has 0 saturated carbocycles. The van der Waals surface area contributed by atoms with Crippen molar-refractivity contribution in [3.05, 3.63) is 330 Å². The topological polar surface area (TPSA) is 418 Å². The first-order valence-corrected chi connectivity index (χ1v) is 36.6.